The minimum absolute atomic E-state index is 0.0308. The third kappa shape index (κ3) is 5.67. The van der Waals surface area contributed by atoms with Gasteiger partial charge in [0.1, 0.15) is 5.75 Å². The molecule has 1 N–H and O–H groups in total. The highest BCUT2D eigenvalue weighted by Gasteiger charge is 2.52. The molecule has 1 atom stereocenters. The molecule has 1 aromatic rings. The molecule has 1 aromatic carbocycles. The van der Waals surface area contributed by atoms with Crippen molar-refractivity contribution in [2.24, 2.45) is 5.41 Å². The molecule has 2 aliphatic rings. The standard InChI is InChI=1S/C21H25F6NO4/c1-14(21(25,26)27)31-12-19(30)8-6-18(7-9-19)10-11-28(17(18)29)15-2-4-16(5-3-15)32-13-20(22,23)24/h2-5,14,30H,6-13H2,1H3. The number of aliphatic hydroxyl groups is 1. The van der Waals surface area contributed by atoms with E-state index in [2.05, 4.69) is 4.74 Å². The fourth-order valence-corrected chi connectivity index (χ4v) is 4.13. The van der Waals surface area contributed by atoms with E-state index in [9.17, 15) is 36.2 Å². The van der Waals surface area contributed by atoms with E-state index in [1.807, 2.05) is 0 Å². The molecule has 1 spiro atoms. The Hall–Kier alpha value is -2.01. The Morgan fingerprint density at radius 2 is 1.62 bits per heavy atom. The summed E-state index contributed by atoms with van der Waals surface area (Å²) in [6.07, 6.45) is -9.52. The molecular weight excluding hydrogens is 444 g/mol. The molecule has 2 fully saturated rings. The predicted octanol–water partition coefficient (Wildman–Crippen LogP) is 4.62. The average molecular weight is 469 g/mol. The molecule has 1 saturated carbocycles. The zero-order valence-electron chi connectivity index (χ0n) is 17.4. The molecule has 1 heterocycles. The van der Waals surface area contributed by atoms with Crippen molar-refractivity contribution in [1.82, 2.24) is 0 Å². The fourth-order valence-electron chi connectivity index (χ4n) is 4.13. The van der Waals surface area contributed by atoms with E-state index in [1.165, 1.54) is 24.3 Å². The van der Waals surface area contributed by atoms with Crippen LogP contribution in [0.5, 0.6) is 5.75 Å². The number of alkyl halides is 6. The topological polar surface area (TPSA) is 59.0 Å². The van der Waals surface area contributed by atoms with Crippen molar-refractivity contribution in [3.05, 3.63) is 24.3 Å². The first-order chi connectivity index (χ1) is 14.7. The number of halogens is 6. The number of ether oxygens (including phenoxy) is 2. The molecule has 0 bridgehead atoms. The molecule has 180 valence electrons. The summed E-state index contributed by atoms with van der Waals surface area (Å²) in [5.74, 6) is -0.128. The molecule has 0 radical (unpaired) electrons. The molecule has 1 saturated heterocycles. The fraction of sp³-hybridized carbons (Fsp3) is 0.667. The lowest BCUT2D eigenvalue weighted by Crippen LogP contribution is -2.47. The van der Waals surface area contributed by atoms with Gasteiger partial charge in [0.2, 0.25) is 5.91 Å². The number of anilines is 1. The summed E-state index contributed by atoms with van der Waals surface area (Å²) in [5.41, 5.74) is -1.61. The van der Waals surface area contributed by atoms with Crippen LogP contribution < -0.4 is 9.64 Å². The lowest BCUT2D eigenvalue weighted by molar-refractivity contribution is -0.229. The maximum absolute atomic E-state index is 13.1. The summed E-state index contributed by atoms with van der Waals surface area (Å²) >= 11 is 0. The van der Waals surface area contributed by atoms with Crippen LogP contribution in [0.15, 0.2) is 24.3 Å². The number of carbonyl (C=O) groups excluding carboxylic acids is 1. The van der Waals surface area contributed by atoms with Gasteiger partial charge in [0.15, 0.2) is 12.7 Å². The number of amides is 1. The molecule has 1 aliphatic carbocycles. The highest BCUT2D eigenvalue weighted by Crippen LogP contribution is 2.49. The van der Waals surface area contributed by atoms with Crippen LogP contribution in [-0.2, 0) is 9.53 Å². The van der Waals surface area contributed by atoms with Crippen LogP contribution in [0.25, 0.3) is 0 Å². The summed E-state index contributed by atoms with van der Waals surface area (Å²) in [6, 6.07) is 5.73. The van der Waals surface area contributed by atoms with Gasteiger partial charge in [-0.25, -0.2) is 0 Å². The van der Waals surface area contributed by atoms with E-state index in [0.29, 0.717) is 31.5 Å². The van der Waals surface area contributed by atoms with Crippen molar-refractivity contribution in [3.8, 4) is 5.75 Å². The average Bonchev–Trinajstić information content (AvgIpc) is 3.03. The Balaban J connectivity index is 1.57. The van der Waals surface area contributed by atoms with Crippen LogP contribution in [0.2, 0.25) is 0 Å². The van der Waals surface area contributed by atoms with Gasteiger partial charge in [-0.1, -0.05) is 0 Å². The van der Waals surface area contributed by atoms with Gasteiger partial charge in [-0.15, -0.1) is 0 Å². The molecular formula is C21H25F6NO4. The molecule has 1 amide bonds. The monoisotopic (exact) mass is 469 g/mol. The summed E-state index contributed by atoms with van der Waals surface area (Å²) < 4.78 is 84.2. The van der Waals surface area contributed by atoms with E-state index in [4.69, 9.17) is 4.74 Å². The third-order valence-corrected chi connectivity index (χ3v) is 6.26. The Morgan fingerprint density at radius 3 is 2.16 bits per heavy atom. The van der Waals surface area contributed by atoms with Gasteiger partial charge >= 0.3 is 12.4 Å². The van der Waals surface area contributed by atoms with Gasteiger partial charge in [-0.05, 0) is 63.3 Å². The number of hydrogen-bond acceptors (Lipinski definition) is 4. The maximum Gasteiger partial charge on any atom is 0.422 e. The highest BCUT2D eigenvalue weighted by atomic mass is 19.4. The van der Waals surface area contributed by atoms with Crippen molar-refractivity contribution in [3.63, 3.8) is 0 Å². The van der Waals surface area contributed by atoms with Crippen molar-refractivity contribution >= 4 is 11.6 Å². The van der Waals surface area contributed by atoms with E-state index >= 15 is 0 Å². The van der Waals surface area contributed by atoms with E-state index in [0.717, 1.165) is 6.92 Å². The summed E-state index contributed by atoms with van der Waals surface area (Å²) in [5, 5.41) is 10.6. The van der Waals surface area contributed by atoms with Crippen LogP contribution >= 0.6 is 0 Å². The SMILES string of the molecule is CC(OCC1(O)CCC2(CCN(c3ccc(OCC(F)(F)F)cc3)C2=O)CC1)C(F)(F)F. The van der Waals surface area contributed by atoms with Gasteiger partial charge < -0.3 is 19.5 Å². The molecule has 11 heteroatoms. The third-order valence-electron chi connectivity index (χ3n) is 6.26. The Morgan fingerprint density at radius 1 is 1.03 bits per heavy atom. The van der Waals surface area contributed by atoms with Crippen molar-refractivity contribution in [2.45, 2.75) is 63.1 Å². The smallest absolute Gasteiger partial charge is 0.422 e. The number of rotatable bonds is 6. The van der Waals surface area contributed by atoms with Crippen LogP contribution in [0.1, 0.15) is 39.0 Å². The molecule has 3 rings (SSSR count). The van der Waals surface area contributed by atoms with Crippen LogP contribution in [0.4, 0.5) is 32.0 Å². The number of hydrogen-bond donors (Lipinski definition) is 1. The summed E-state index contributed by atoms with van der Waals surface area (Å²) in [7, 11) is 0. The zero-order chi connectivity index (χ0) is 23.8. The first kappa shape index (κ1) is 24.6. The molecule has 5 nitrogen and oxygen atoms in total. The minimum atomic E-state index is -4.51. The van der Waals surface area contributed by atoms with Crippen LogP contribution in [0.3, 0.4) is 0 Å². The first-order valence-electron chi connectivity index (χ1n) is 10.3. The second-order valence-corrected chi connectivity index (χ2v) is 8.60. The van der Waals surface area contributed by atoms with Gasteiger partial charge in [0.05, 0.1) is 17.6 Å². The Kier molecular flexibility index (Phi) is 6.72. The predicted molar refractivity (Wildman–Crippen MR) is 102 cm³/mol. The second-order valence-electron chi connectivity index (χ2n) is 8.60. The van der Waals surface area contributed by atoms with Crippen LogP contribution in [-0.4, -0.2) is 54.8 Å². The lowest BCUT2D eigenvalue weighted by Gasteiger charge is -2.41. The quantitative estimate of drug-likeness (QED) is 0.618. The van der Waals surface area contributed by atoms with E-state index in [-0.39, 0.29) is 24.5 Å². The molecule has 32 heavy (non-hydrogen) atoms. The molecule has 1 unspecified atom stereocenters. The Bertz CT molecular complexity index is 800. The van der Waals surface area contributed by atoms with Crippen LogP contribution in [0, 0.1) is 5.41 Å². The van der Waals surface area contributed by atoms with E-state index in [1.54, 1.807) is 4.90 Å². The van der Waals surface area contributed by atoms with Crippen molar-refractivity contribution in [1.29, 1.82) is 0 Å². The zero-order valence-corrected chi connectivity index (χ0v) is 17.4. The lowest BCUT2D eigenvalue weighted by atomic mass is 9.68. The van der Waals surface area contributed by atoms with Gasteiger partial charge in [-0.3, -0.25) is 4.79 Å². The Labute approximate surface area is 181 Å². The van der Waals surface area contributed by atoms with Gasteiger partial charge in [0, 0.05) is 12.2 Å². The summed E-state index contributed by atoms with van der Waals surface area (Å²) in [6.45, 7) is -0.583. The first-order valence-corrected chi connectivity index (χ1v) is 10.3. The molecule has 1 aliphatic heterocycles. The maximum atomic E-state index is 13.1. The normalized spacial score (nSPS) is 27.8. The summed E-state index contributed by atoms with van der Waals surface area (Å²) in [4.78, 5) is 14.7. The second kappa shape index (κ2) is 8.74. The van der Waals surface area contributed by atoms with Gasteiger partial charge in [0.25, 0.3) is 0 Å². The minimum Gasteiger partial charge on any atom is -0.484 e. The van der Waals surface area contributed by atoms with E-state index < -0.39 is 42.7 Å². The number of carbonyl (C=O) groups is 1. The van der Waals surface area contributed by atoms with Crippen molar-refractivity contribution in [2.75, 3.05) is 24.7 Å². The highest BCUT2D eigenvalue weighted by molar-refractivity contribution is 6.00. The number of benzene rings is 1. The van der Waals surface area contributed by atoms with Gasteiger partial charge in [-0.2, -0.15) is 26.3 Å². The number of nitrogens with zero attached hydrogens (tertiary/aromatic N) is 1. The van der Waals surface area contributed by atoms with Crippen molar-refractivity contribution < 1.29 is 45.7 Å². The largest absolute Gasteiger partial charge is 0.484 e. The molecule has 0 aromatic heterocycles.